The summed E-state index contributed by atoms with van der Waals surface area (Å²) in [7, 11) is 0. The molecule has 7 nitrogen and oxygen atoms in total. The number of allylic oxidation sites excluding steroid dienone is 1. The zero-order valence-corrected chi connectivity index (χ0v) is 16.3. The minimum Gasteiger partial charge on any atom is -0.333 e. The Balaban J connectivity index is 1.73. The van der Waals surface area contributed by atoms with E-state index in [9.17, 15) is 15.4 Å². The lowest BCUT2D eigenvalue weighted by Gasteiger charge is -2.13. The predicted molar refractivity (Wildman–Crippen MR) is 115 cm³/mol. The highest BCUT2D eigenvalue weighted by molar-refractivity contribution is 5.86. The predicted octanol–water partition coefficient (Wildman–Crippen LogP) is 5.22. The molecule has 0 N–H and O–H groups in total. The second kappa shape index (κ2) is 8.84. The topological polar surface area (TPSA) is 106 Å². The molecule has 0 radical (unpaired) electrons. The van der Waals surface area contributed by atoms with Gasteiger partial charge >= 0.3 is 0 Å². The number of rotatable bonds is 6. The summed E-state index contributed by atoms with van der Waals surface area (Å²) in [5.74, 6) is 0.214. The Bertz CT molecular complexity index is 1240. The van der Waals surface area contributed by atoms with Crippen LogP contribution in [-0.2, 0) is 0 Å². The van der Waals surface area contributed by atoms with Crippen molar-refractivity contribution in [1.82, 2.24) is 10.1 Å². The average Bonchev–Trinajstić information content (AvgIpc) is 3.28. The van der Waals surface area contributed by atoms with Crippen LogP contribution in [0.2, 0.25) is 0 Å². The Morgan fingerprint density at radius 1 is 1.00 bits per heavy atom. The third-order valence-electron chi connectivity index (χ3n) is 4.71. The van der Waals surface area contributed by atoms with Gasteiger partial charge in [-0.25, -0.2) is 0 Å². The highest BCUT2D eigenvalue weighted by atomic mass is 16.6. The highest BCUT2D eigenvalue weighted by Crippen LogP contribution is 2.31. The molecular weight excluding hydrogens is 392 g/mol. The van der Waals surface area contributed by atoms with Gasteiger partial charge in [0.15, 0.2) is 5.82 Å². The second-order valence-electron chi connectivity index (χ2n) is 6.73. The standard InChI is InChI=1S/C24H16N4O3/c25-16-20(14-17-8-7-13-21(15-17)28(29)30)24-26-23(27-31-24)22(18-9-3-1-4-10-18)19-11-5-2-6-12-19/h1-15,22H/b20-14+. The fraction of sp³-hybridized carbons (Fsp3) is 0.0417. The molecule has 1 aromatic heterocycles. The van der Waals surface area contributed by atoms with Crippen LogP contribution in [0.1, 0.15) is 34.3 Å². The molecule has 31 heavy (non-hydrogen) atoms. The lowest BCUT2D eigenvalue weighted by molar-refractivity contribution is -0.384. The van der Waals surface area contributed by atoms with Crippen LogP contribution >= 0.6 is 0 Å². The molecule has 0 spiro atoms. The summed E-state index contributed by atoms with van der Waals surface area (Å²) in [6, 6.07) is 27.6. The molecule has 0 atom stereocenters. The van der Waals surface area contributed by atoms with Crippen LogP contribution in [0.3, 0.4) is 0 Å². The first kappa shape index (κ1) is 19.7. The summed E-state index contributed by atoms with van der Waals surface area (Å²) in [6.07, 6.45) is 1.49. The first-order valence-electron chi connectivity index (χ1n) is 9.46. The van der Waals surface area contributed by atoms with E-state index in [0.717, 1.165) is 11.1 Å². The molecule has 0 aliphatic carbocycles. The Morgan fingerprint density at radius 3 is 2.23 bits per heavy atom. The van der Waals surface area contributed by atoms with Crippen molar-refractivity contribution in [3.05, 3.63) is 123 Å². The number of benzene rings is 3. The normalized spacial score (nSPS) is 11.3. The summed E-state index contributed by atoms with van der Waals surface area (Å²) in [6.45, 7) is 0. The number of hydrogen-bond donors (Lipinski definition) is 0. The summed E-state index contributed by atoms with van der Waals surface area (Å²) in [5, 5.41) is 24.8. The van der Waals surface area contributed by atoms with E-state index in [2.05, 4.69) is 10.1 Å². The van der Waals surface area contributed by atoms with E-state index in [1.54, 1.807) is 12.1 Å². The number of nitro benzene ring substituents is 1. The highest BCUT2D eigenvalue weighted by Gasteiger charge is 2.23. The molecule has 0 saturated heterocycles. The first-order chi connectivity index (χ1) is 15.2. The van der Waals surface area contributed by atoms with Gasteiger partial charge in [0.25, 0.3) is 11.6 Å². The molecule has 0 bridgehead atoms. The molecule has 0 amide bonds. The maximum Gasteiger partial charge on any atom is 0.270 e. The van der Waals surface area contributed by atoms with Gasteiger partial charge in [0.05, 0.1) is 10.8 Å². The SMILES string of the molecule is N#C/C(=C\c1cccc([N+](=O)[O-])c1)c1nc(C(c2ccccc2)c2ccccc2)no1. The number of non-ortho nitro benzene ring substituents is 1. The lowest BCUT2D eigenvalue weighted by atomic mass is 9.91. The molecule has 4 rings (SSSR count). The lowest BCUT2D eigenvalue weighted by Crippen LogP contribution is -2.05. The van der Waals surface area contributed by atoms with Crippen LogP contribution in [0.4, 0.5) is 5.69 Å². The van der Waals surface area contributed by atoms with Gasteiger partial charge in [-0.05, 0) is 22.8 Å². The summed E-state index contributed by atoms with van der Waals surface area (Å²) in [4.78, 5) is 15.0. The van der Waals surface area contributed by atoms with E-state index in [4.69, 9.17) is 4.52 Å². The summed E-state index contributed by atoms with van der Waals surface area (Å²) >= 11 is 0. The van der Waals surface area contributed by atoms with Gasteiger partial charge in [-0.15, -0.1) is 0 Å². The zero-order valence-electron chi connectivity index (χ0n) is 16.3. The molecule has 0 aliphatic heterocycles. The van der Waals surface area contributed by atoms with Crippen molar-refractivity contribution in [2.45, 2.75) is 5.92 Å². The maximum atomic E-state index is 11.0. The Hall–Kier alpha value is -4.57. The van der Waals surface area contributed by atoms with E-state index in [0.29, 0.717) is 11.4 Å². The molecular formula is C24H16N4O3. The van der Waals surface area contributed by atoms with Crippen LogP contribution in [-0.4, -0.2) is 15.1 Å². The van der Waals surface area contributed by atoms with E-state index >= 15 is 0 Å². The summed E-state index contributed by atoms with van der Waals surface area (Å²) in [5.41, 5.74) is 2.53. The molecule has 1 heterocycles. The number of nitriles is 1. The van der Waals surface area contributed by atoms with Crippen molar-refractivity contribution >= 4 is 17.3 Å². The first-order valence-corrected chi connectivity index (χ1v) is 9.46. The number of nitro groups is 1. The third kappa shape index (κ3) is 4.38. The quantitative estimate of drug-likeness (QED) is 0.246. The third-order valence-corrected chi connectivity index (χ3v) is 4.71. The van der Waals surface area contributed by atoms with E-state index in [-0.39, 0.29) is 23.1 Å². The second-order valence-corrected chi connectivity index (χ2v) is 6.73. The van der Waals surface area contributed by atoms with E-state index < -0.39 is 4.92 Å². The van der Waals surface area contributed by atoms with Crippen LogP contribution in [0.5, 0.6) is 0 Å². The van der Waals surface area contributed by atoms with Gasteiger partial charge in [0.2, 0.25) is 0 Å². The van der Waals surface area contributed by atoms with Gasteiger partial charge in [-0.2, -0.15) is 10.2 Å². The number of hydrogen-bond acceptors (Lipinski definition) is 6. The molecule has 0 unspecified atom stereocenters. The van der Waals surface area contributed by atoms with Crippen molar-refractivity contribution in [3.8, 4) is 6.07 Å². The van der Waals surface area contributed by atoms with Gasteiger partial charge in [0.1, 0.15) is 11.6 Å². The van der Waals surface area contributed by atoms with E-state index in [1.807, 2.05) is 66.7 Å². The Morgan fingerprint density at radius 2 is 1.65 bits per heavy atom. The molecule has 3 aromatic carbocycles. The van der Waals surface area contributed by atoms with Crippen molar-refractivity contribution in [2.75, 3.05) is 0 Å². The number of nitrogens with zero attached hydrogens (tertiary/aromatic N) is 4. The van der Waals surface area contributed by atoms with Crippen LogP contribution in [0.25, 0.3) is 11.6 Å². The van der Waals surface area contributed by atoms with Crippen molar-refractivity contribution in [3.63, 3.8) is 0 Å². The van der Waals surface area contributed by atoms with Gasteiger partial charge < -0.3 is 4.52 Å². The summed E-state index contributed by atoms with van der Waals surface area (Å²) < 4.78 is 5.41. The van der Waals surface area contributed by atoms with Gasteiger partial charge in [-0.1, -0.05) is 78.0 Å². The smallest absolute Gasteiger partial charge is 0.270 e. The largest absolute Gasteiger partial charge is 0.333 e. The number of aromatic nitrogens is 2. The molecule has 0 saturated carbocycles. The van der Waals surface area contributed by atoms with Crippen molar-refractivity contribution in [1.29, 1.82) is 5.26 Å². The monoisotopic (exact) mass is 408 g/mol. The fourth-order valence-corrected chi connectivity index (χ4v) is 3.28. The van der Waals surface area contributed by atoms with Gasteiger partial charge in [-0.3, -0.25) is 10.1 Å². The maximum absolute atomic E-state index is 11.0. The van der Waals surface area contributed by atoms with Crippen molar-refractivity contribution < 1.29 is 9.45 Å². The Labute approximate surface area is 178 Å². The molecule has 4 aromatic rings. The van der Waals surface area contributed by atoms with Crippen LogP contribution in [0, 0.1) is 21.4 Å². The molecule has 150 valence electrons. The van der Waals surface area contributed by atoms with Gasteiger partial charge in [0, 0.05) is 12.1 Å². The molecule has 7 heteroatoms. The molecule has 0 aliphatic rings. The molecule has 0 fully saturated rings. The van der Waals surface area contributed by atoms with E-state index in [1.165, 1.54) is 18.2 Å². The Kier molecular flexibility index (Phi) is 5.63. The van der Waals surface area contributed by atoms with Crippen LogP contribution < -0.4 is 0 Å². The zero-order chi connectivity index (χ0) is 21.6. The average molecular weight is 408 g/mol. The van der Waals surface area contributed by atoms with Crippen LogP contribution in [0.15, 0.2) is 89.5 Å². The minimum absolute atomic E-state index is 0.0564. The fourth-order valence-electron chi connectivity index (χ4n) is 3.28. The van der Waals surface area contributed by atoms with Crippen molar-refractivity contribution in [2.24, 2.45) is 0 Å². The minimum atomic E-state index is -0.488.